The first-order valence-corrected chi connectivity index (χ1v) is 6.64. The molecule has 4 heteroatoms. The lowest BCUT2D eigenvalue weighted by molar-refractivity contribution is -0.122. The Balaban J connectivity index is 3.86. The van der Waals surface area contributed by atoms with Crippen LogP contribution in [0.4, 0.5) is 0 Å². The Morgan fingerprint density at radius 3 is 2.47 bits per heavy atom. The van der Waals surface area contributed by atoms with Gasteiger partial charge in [0.25, 0.3) is 0 Å². The molecular weight excluding hydrogens is 214 g/mol. The summed E-state index contributed by atoms with van der Waals surface area (Å²) < 4.78 is 0. The molecule has 0 bridgehead atoms. The molecule has 102 valence electrons. The number of rotatable bonds is 9. The zero-order chi connectivity index (χ0) is 13.3. The van der Waals surface area contributed by atoms with Gasteiger partial charge in [-0.1, -0.05) is 20.8 Å². The molecule has 3 N–H and O–H groups in total. The van der Waals surface area contributed by atoms with E-state index in [4.69, 9.17) is 5.73 Å². The molecule has 0 unspecified atom stereocenters. The zero-order valence-corrected chi connectivity index (χ0v) is 11.9. The summed E-state index contributed by atoms with van der Waals surface area (Å²) in [4.78, 5) is 13.6. The Bertz CT molecular complexity index is 217. The lowest BCUT2D eigenvalue weighted by Crippen LogP contribution is -2.38. The fourth-order valence-corrected chi connectivity index (χ4v) is 1.69. The molecule has 0 aromatic rings. The number of nitrogens with one attached hydrogen (secondary N) is 1. The predicted octanol–water partition coefficient (Wildman–Crippen LogP) is 1.21. The van der Waals surface area contributed by atoms with Crippen molar-refractivity contribution in [2.24, 2.45) is 11.1 Å². The summed E-state index contributed by atoms with van der Waals surface area (Å²) in [5.41, 5.74) is 5.91. The van der Waals surface area contributed by atoms with Gasteiger partial charge in [-0.05, 0) is 44.8 Å². The number of carbonyl (C=O) groups is 1. The van der Waals surface area contributed by atoms with E-state index in [1.165, 1.54) is 0 Å². The molecule has 0 aromatic heterocycles. The zero-order valence-electron chi connectivity index (χ0n) is 11.9. The molecule has 0 aromatic carbocycles. The number of nitrogens with two attached hydrogens (primary N) is 1. The highest BCUT2D eigenvalue weighted by molar-refractivity contribution is 5.77. The molecule has 0 aliphatic carbocycles. The highest BCUT2D eigenvalue weighted by Gasteiger charge is 2.16. The molecule has 0 rings (SSSR count). The van der Waals surface area contributed by atoms with E-state index in [1.807, 2.05) is 6.92 Å². The highest BCUT2D eigenvalue weighted by Crippen LogP contribution is 2.20. The van der Waals surface area contributed by atoms with Crippen molar-refractivity contribution < 1.29 is 4.79 Å². The maximum absolute atomic E-state index is 11.5. The van der Waals surface area contributed by atoms with Gasteiger partial charge in [-0.15, -0.1) is 0 Å². The van der Waals surface area contributed by atoms with Gasteiger partial charge >= 0.3 is 0 Å². The molecule has 0 aliphatic heterocycles. The van der Waals surface area contributed by atoms with Gasteiger partial charge in [0.2, 0.25) is 5.91 Å². The number of hydrogen-bond acceptors (Lipinski definition) is 3. The highest BCUT2D eigenvalue weighted by atomic mass is 16.2. The van der Waals surface area contributed by atoms with Crippen LogP contribution in [0.1, 0.15) is 40.5 Å². The average molecular weight is 243 g/mol. The van der Waals surface area contributed by atoms with E-state index in [0.29, 0.717) is 13.1 Å². The SMILES string of the molecule is CCNC(=O)CN(CC)CCCC(C)(C)CN. The minimum Gasteiger partial charge on any atom is -0.355 e. The van der Waals surface area contributed by atoms with Crippen molar-refractivity contribution in [3.05, 3.63) is 0 Å². The van der Waals surface area contributed by atoms with Crippen LogP contribution in [0.5, 0.6) is 0 Å². The van der Waals surface area contributed by atoms with Gasteiger partial charge in [-0.25, -0.2) is 0 Å². The maximum Gasteiger partial charge on any atom is 0.234 e. The molecular formula is C13H29N3O. The fourth-order valence-electron chi connectivity index (χ4n) is 1.69. The van der Waals surface area contributed by atoms with E-state index in [0.717, 1.165) is 32.5 Å². The maximum atomic E-state index is 11.5. The van der Waals surface area contributed by atoms with Crippen molar-refractivity contribution in [2.75, 3.05) is 32.7 Å². The fraction of sp³-hybridized carbons (Fsp3) is 0.923. The third kappa shape index (κ3) is 8.16. The summed E-state index contributed by atoms with van der Waals surface area (Å²) >= 11 is 0. The van der Waals surface area contributed by atoms with E-state index >= 15 is 0 Å². The van der Waals surface area contributed by atoms with Gasteiger partial charge in [0.15, 0.2) is 0 Å². The largest absolute Gasteiger partial charge is 0.355 e. The van der Waals surface area contributed by atoms with Gasteiger partial charge < -0.3 is 11.1 Å². The van der Waals surface area contributed by atoms with Crippen LogP contribution < -0.4 is 11.1 Å². The summed E-state index contributed by atoms with van der Waals surface area (Å²) in [6.45, 7) is 12.2. The second kappa shape index (κ2) is 8.48. The molecule has 0 radical (unpaired) electrons. The van der Waals surface area contributed by atoms with Gasteiger partial charge in [0, 0.05) is 6.54 Å². The molecule has 0 fully saturated rings. The van der Waals surface area contributed by atoms with Crippen molar-refractivity contribution >= 4 is 5.91 Å². The first-order valence-electron chi connectivity index (χ1n) is 6.64. The molecule has 0 saturated heterocycles. The average Bonchev–Trinajstić information content (AvgIpc) is 2.28. The van der Waals surface area contributed by atoms with Crippen LogP contribution in [0.3, 0.4) is 0 Å². The Labute approximate surface area is 106 Å². The summed E-state index contributed by atoms with van der Waals surface area (Å²) in [7, 11) is 0. The lowest BCUT2D eigenvalue weighted by atomic mass is 9.88. The van der Waals surface area contributed by atoms with Crippen LogP contribution in [0.15, 0.2) is 0 Å². The van der Waals surface area contributed by atoms with Crippen molar-refractivity contribution in [3.63, 3.8) is 0 Å². The molecule has 0 spiro atoms. The third-order valence-corrected chi connectivity index (χ3v) is 3.07. The van der Waals surface area contributed by atoms with Crippen LogP contribution in [0.2, 0.25) is 0 Å². The van der Waals surface area contributed by atoms with Gasteiger partial charge in [0.1, 0.15) is 0 Å². The minimum atomic E-state index is 0.118. The number of hydrogen-bond donors (Lipinski definition) is 2. The predicted molar refractivity (Wildman–Crippen MR) is 72.9 cm³/mol. The second-order valence-corrected chi connectivity index (χ2v) is 5.29. The topological polar surface area (TPSA) is 58.4 Å². The van der Waals surface area contributed by atoms with Gasteiger partial charge in [0.05, 0.1) is 6.54 Å². The second-order valence-electron chi connectivity index (χ2n) is 5.29. The molecule has 0 atom stereocenters. The Kier molecular flexibility index (Phi) is 8.17. The third-order valence-electron chi connectivity index (χ3n) is 3.07. The van der Waals surface area contributed by atoms with Crippen molar-refractivity contribution in [1.82, 2.24) is 10.2 Å². The van der Waals surface area contributed by atoms with E-state index in [2.05, 4.69) is 31.0 Å². The Morgan fingerprint density at radius 1 is 1.35 bits per heavy atom. The number of likely N-dealkylation sites (N-methyl/N-ethyl adjacent to an activating group) is 2. The summed E-state index contributed by atoms with van der Waals surface area (Å²) in [6.07, 6.45) is 2.20. The normalized spacial score (nSPS) is 11.9. The quantitative estimate of drug-likeness (QED) is 0.640. The lowest BCUT2D eigenvalue weighted by Gasteiger charge is -2.25. The van der Waals surface area contributed by atoms with Crippen molar-refractivity contribution in [3.8, 4) is 0 Å². The Morgan fingerprint density at radius 2 is 2.00 bits per heavy atom. The molecule has 0 saturated carbocycles. The van der Waals surface area contributed by atoms with Crippen molar-refractivity contribution in [2.45, 2.75) is 40.5 Å². The molecule has 0 aliphatic rings. The number of amides is 1. The van der Waals surface area contributed by atoms with Crippen LogP contribution in [0, 0.1) is 5.41 Å². The number of carbonyl (C=O) groups excluding carboxylic acids is 1. The standard InChI is InChI=1S/C13H29N3O/c1-5-15-12(17)10-16(6-2)9-7-8-13(3,4)11-14/h5-11,14H2,1-4H3,(H,15,17). The van der Waals surface area contributed by atoms with Gasteiger partial charge in [-0.2, -0.15) is 0 Å². The Hall–Kier alpha value is -0.610. The summed E-state index contributed by atoms with van der Waals surface area (Å²) in [5, 5.41) is 2.83. The monoisotopic (exact) mass is 243 g/mol. The minimum absolute atomic E-state index is 0.118. The molecule has 4 nitrogen and oxygen atoms in total. The molecule has 17 heavy (non-hydrogen) atoms. The molecule has 0 heterocycles. The van der Waals surface area contributed by atoms with Crippen LogP contribution >= 0.6 is 0 Å². The van der Waals surface area contributed by atoms with E-state index in [9.17, 15) is 4.79 Å². The van der Waals surface area contributed by atoms with E-state index in [-0.39, 0.29) is 11.3 Å². The van der Waals surface area contributed by atoms with Crippen molar-refractivity contribution in [1.29, 1.82) is 0 Å². The summed E-state index contributed by atoms with van der Waals surface area (Å²) in [5.74, 6) is 0.118. The smallest absolute Gasteiger partial charge is 0.234 e. The van der Waals surface area contributed by atoms with Crippen LogP contribution in [-0.4, -0.2) is 43.5 Å². The first-order chi connectivity index (χ1) is 7.95. The van der Waals surface area contributed by atoms with Crippen LogP contribution in [0.25, 0.3) is 0 Å². The van der Waals surface area contributed by atoms with E-state index in [1.54, 1.807) is 0 Å². The van der Waals surface area contributed by atoms with Gasteiger partial charge in [-0.3, -0.25) is 9.69 Å². The number of nitrogens with zero attached hydrogens (tertiary/aromatic N) is 1. The summed E-state index contributed by atoms with van der Waals surface area (Å²) in [6, 6.07) is 0. The first kappa shape index (κ1) is 16.4. The van der Waals surface area contributed by atoms with Crippen LogP contribution in [-0.2, 0) is 4.79 Å². The van der Waals surface area contributed by atoms with E-state index < -0.39 is 0 Å². The molecule has 1 amide bonds.